The van der Waals surface area contributed by atoms with E-state index in [1.54, 1.807) is 12.4 Å². The minimum Gasteiger partial charge on any atom is -0.490 e. The normalized spacial score (nSPS) is 15.2. The average molecular weight is 347 g/mol. The first-order valence-corrected chi connectivity index (χ1v) is 8.93. The largest absolute Gasteiger partial charge is 0.490 e. The van der Waals surface area contributed by atoms with Gasteiger partial charge in [0.05, 0.1) is 11.1 Å². The highest BCUT2D eigenvalue weighted by Gasteiger charge is 2.26. The van der Waals surface area contributed by atoms with Crippen molar-refractivity contribution in [3.63, 3.8) is 0 Å². The summed E-state index contributed by atoms with van der Waals surface area (Å²) in [5.74, 6) is 0.921. The molecule has 1 aromatic heterocycles. The van der Waals surface area contributed by atoms with Gasteiger partial charge >= 0.3 is 0 Å². The fraction of sp³-hybridized carbons (Fsp3) is 0.286. The van der Waals surface area contributed by atoms with Gasteiger partial charge in [0.1, 0.15) is 17.4 Å². The van der Waals surface area contributed by atoms with Crippen LogP contribution in [0, 0.1) is 6.92 Å². The maximum absolute atomic E-state index is 12.9. The van der Waals surface area contributed by atoms with E-state index in [4.69, 9.17) is 4.74 Å². The van der Waals surface area contributed by atoms with Crippen LogP contribution in [0.25, 0.3) is 11.0 Å². The Hall–Kier alpha value is -2.95. The second-order valence-corrected chi connectivity index (χ2v) is 6.66. The lowest BCUT2D eigenvalue weighted by atomic mass is 10.1. The fourth-order valence-corrected chi connectivity index (χ4v) is 3.39. The molecule has 0 unspecified atom stereocenters. The Kier molecular flexibility index (Phi) is 4.52. The van der Waals surface area contributed by atoms with E-state index in [0.29, 0.717) is 24.2 Å². The molecule has 1 amide bonds. The first-order valence-electron chi connectivity index (χ1n) is 8.93. The molecular weight excluding hydrogens is 326 g/mol. The highest BCUT2D eigenvalue weighted by atomic mass is 16.5. The van der Waals surface area contributed by atoms with Gasteiger partial charge in [-0.25, -0.2) is 0 Å². The van der Waals surface area contributed by atoms with Gasteiger partial charge in [0.2, 0.25) is 0 Å². The molecule has 0 N–H and O–H groups in total. The van der Waals surface area contributed by atoms with E-state index >= 15 is 0 Å². The van der Waals surface area contributed by atoms with Crippen molar-refractivity contribution in [3.05, 3.63) is 66.0 Å². The van der Waals surface area contributed by atoms with Crippen LogP contribution in [-0.2, 0) is 0 Å². The molecule has 2 aromatic carbocycles. The van der Waals surface area contributed by atoms with E-state index in [1.165, 1.54) is 5.56 Å². The van der Waals surface area contributed by atoms with Gasteiger partial charge in [-0.15, -0.1) is 0 Å². The highest BCUT2D eigenvalue weighted by Crippen LogP contribution is 2.22. The number of aromatic nitrogens is 2. The van der Waals surface area contributed by atoms with Crippen LogP contribution in [0.4, 0.5) is 0 Å². The van der Waals surface area contributed by atoms with Crippen molar-refractivity contribution in [2.24, 2.45) is 0 Å². The number of carbonyl (C=O) groups excluding carboxylic acids is 1. The Bertz CT molecular complexity index is 928. The van der Waals surface area contributed by atoms with Crippen LogP contribution in [0.3, 0.4) is 0 Å². The summed E-state index contributed by atoms with van der Waals surface area (Å²) in [5, 5.41) is 0. The molecule has 5 heteroatoms. The van der Waals surface area contributed by atoms with E-state index < -0.39 is 0 Å². The van der Waals surface area contributed by atoms with Crippen molar-refractivity contribution < 1.29 is 9.53 Å². The van der Waals surface area contributed by atoms with Gasteiger partial charge < -0.3 is 9.64 Å². The molecule has 1 saturated heterocycles. The second kappa shape index (κ2) is 7.12. The summed E-state index contributed by atoms with van der Waals surface area (Å²) in [7, 11) is 0. The lowest BCUT2D eigenvalue weighted by Gasteiger charge is -2.32. The smallest absolute Gasteiger partial charge is 0.256 e. The van der Waals surface area contributed by atoms with Crippen molar-refractivity contribution in [2.75, 3.05) is 13.1 Å². The number of hydrogen-bond donors (Lipinski definition) is 0. The van der Waals surface area contributed by atoms with E-state index in [0.717, 1.165) is 24.1 Å². The molecule has 0 spiro atoms. The molecule has 0 saturated carbocycles. The number of piperidine rings is 1. The molecule has 2 heterocycles. The summed E-state index contributed by atoms with van der Waals surface area (Å²) in [4.78, 5) is 23.5. The summed E-state index contributed by atoms with van der Waals surface area (Å²) in [5.41, 5.74) is 3.22. The molecule has 1 fully saturated rings. The summed E-state index contributed by atoms with van der Waals surface area (Å²) in [6.45, 7) is 3.43. The summed E-state index contributed by atoms with van der Waals surface area (Å²) in [6.07, 6.45) is 5.08. The number of aryl methyl sites for hydroxylation is 1. The monoisotopic (exact) mass is 347 g/mol. The molecule has 26 heavy (non-hydrogen) atoms. The molecule has 0 bridgehead atoms. The SMILES string of the molecule is Cc1cccc(OC2CCN(C(=O)c3cccc4nccnc34)CC2)c1. The summed E-state index contributed by atoms with van der Waals surface area (Å²) >= 11 is 0. The number of fused-ring (bicyclic) bond motifs is 1. The van der Waals surface area contributed by atoms with Gasteiger partial charge in [0, 0.05) is 38.3 Å². The zero-order valence-corrected chi connectivity index (χ0v) is 14.8. The molecule has 5 nitrogen and oxygen atoms in total. The van der Waals surface area contributed by atoms with Crippen LogP contribution in [0.15, 0.2) is 54.9 Å². The van der Waals surface area contributed by atoms with Crippen LogP contribution in [-0.4, -0.2) is 40.0 Å². The first kappa shape index (κ1) is 16.5. The van der Waals surface area contributed by atoms with Crippen LogP contribution in [0.1, 0.15) is 28.8 Å². The predicted molar refractivity (Wildman–Crippen MR) is 100 cm³/mol. The molecular formula is C21H21N3O2. The van der Waals surface area contributed by atoms with E-state index in [9.17, 15) is 4.79 Å². The van der Waals surface area contributed by atoms with Crippen molar-refractivity contribution in [1.29, 1.82) is 0 Å². The topological polar surface area (TPSA) is 55.3 Å². The zero-order chi connectivity index (χ0) is 17.9. The maximum Gasteiger partial charge on any atom is 0.256 e. The third-order valence-electron chi connectivity index (χ3n) is 4.75. The molecule has 4 rings (SSSR count). The zero-order valence-electron chi connectivity index (χ0n) is 14.8. The summed E-state index contributed by atoms with van der Waals surface area (Å²) in [6, 6.07) is 13.7. The van der Waals surface area contributed by atoms with E-state index in [1.807, 2.05) is 41.3 Å². The van der Waals surface area contributed by atoms with Gasteiger partial charge in [-0.3, -0.25) is 14.8 Å². The van der Waals surface area contributed by atoms with Crippen molar-refractivity contribution in [1.82, 2.24) is 14.9 Å². The number of para-hydroxylation sites is 1. The quantitative estimate of drug-likeness (QED) is 0.726. The van der Waals surface area contributed by atoms with Gasteiger partial charge in [0.25, 0.3) is 5.91 Å². The van der Waals surface area contributed by atoms with Gasteiger partial charge in [-0.05, 0) is 36.8 Å². The van der Waals surface area contributed by atoms with Crippen molar-refractivity contribution in [3.8, 4) is 5.75 Å². The Balaban J connectivity index is 1.43. The molecule has 0 radical (unpaired) electrons. The number of amides is 1. The number of rotatable bonds is 3. The Labute approximate surface area is 152 Å². The van der Waals surface area contributed by atoms with Crippen LogP contribution in [0.2, 0.25) is 0 Å². The van der Waals surface area contributed by atoms with E-state index in [2.05, 4.69) is 23.0 Å². The lowest BCUT2D eigenvalue weighted by Crippen LogP contribution is -2.41. The number of likely N-dealkylation sites (tertiary alicyclic amines) is 1. The van der Waals surface area contributed by atoms with Gasteiger partial charge in [-0.1, -0.05) is 18.2 Å². The lowest BCUT2D eigenvalue weighted by molar-refractivity contribution is 0.0597. The van der Waals surface area contributed by atoms with Crippen LogP contribution < -0.4 is 4.74 Å². The number of nitrogens with zero attached hydrogens (tertiary/aromatic N) is 3. The minimum atomic E-state index is 0.0186. The standard InChI is InChI=1S/C21H21N3O2/c1-15-4-2-5-17(14-15)26-16-8-12-24(13-9-16)21(25)18-6-3-7-19-20(18)23-11-10-22-19/h2-7,10-11,14,16H,8-9,12-13H2,1H3. The molecule has 3 aromatic rings. The van der Waals surface area contributed by atoms with Gasteiger partial charge in [0.15, 0.2) is 0 Å². The van der Waals surface area contributed by atoms with Crippen LogP contribution in [0.5, 0.6) is 5.75 Å². The molecule has 0 aliphatic carbocycles. The fourth-order valence-electron chi connectivity index (χ4n) is 3.39. The Morgan fingerprint density at radius 1 is 1.08 bits per heavy atom. The van der Waals surface area contributed by atoms with Crippen molar-refractivity contribution in [2.45, 2.75) is 25.9 Å². The Morgan fingerprint density at radius 2 is 1.85 bits per heavy atom. The molecule has 1 aliphatic rings. The third-order valence-corrected chi connectivity index (χ3v) is 4.75. The third kappa shape index (κ3) is 3.38. The molecule has 132 valence electrons. The van der Waals surface area contributed by atoms with Gasteiger partial charge in [-0.2, -0.15) is 0 Å². The second-order valence-electron chi connectivity index (χ2n) is 6.66. The number of ether oxygens (including phenoxy) is 1. The summed E-state index contributed by atoms with van der Waals surface area (Å²) < 4.78 is 6.08. The van der Waals surface area contributed by atoms with E-state index in [-0.39, 0.29) is 12.0 Å². The molecule has 1 aliphatic heterocycles. The van der Waals surface area contributed by atoms with Crippen molar-refractivity contribution >= 4 is 16.9 Å². The highest BCUT2D eigenvalue weighted by molar-refractivity contribution is 6.04. The number of carbonyl (C=O) groups is 1. The van der Waals surface area contributed by atoms with Crippen LogP contribution >= 0.6 is 0 Å². The number of benzene rings is 2. The maximum atomic E-state index is 12.9. The molecule has 0 atom stereocenters. The average Bonchev–Trinajstić information content (AvgIpc) is 2.68. The Morgan fingerprint density at radius 3 is 2.65 bits per heavy atom. The first-order chi connectivity index (χ1) is 12.7. The minimum absolute atomic E-state index is 0.0186. The number of hydrogen-bond acceptors (Lipinski definition) is 4. The predicted octanol–water partition coefficient (Wildman–Crippen LogP) is 3.62.